The van der Waals surface area contributed by atoms with E-state index >= 15 is 0 Å². The molecule has 5 nitrogen and oxygen atoms in total. The lowest BCUT2D eigenvalue weighted by Gasteiger charge is -2.24. The third-order valence-corrected chi connectivity index (χ3v) is 2.57. The maximum Gasteiger partial charge on any atom is 0.320 e. The van der Waals surface area contributed by atoms with Crippen LogP contribution in [0.3, 0.4) is 0 Å². The predicted octanol–water partition coefficient (Wildman–Crippen LogP) is 1.76. The molecule has 0 bridgehead atoms. The summed E-state index contributed by atoms with van der Waals surface area (Å²) in [4.78, 5) is 17.6. The van der Waals surface area contributed by atoms with Gasteiger partial charge in [0.2, 0.25) is 0 Å². The largest absolute Gasteiger partial charge is 0.465 e. The lowest BCUT2D eigenvalue weighted by Crippen LogP contribution is -2.36. The van der Waals surface area contributed by atoms with E-state index in [0.29, 0.717) is 13.2 Å². The first-order valence-electron chi connectivity index (χ1n) is 5.83. The van der Waals surface area contributed by atoms with Crippen molar-refractivity contribution in [2.75, 3.05) is 13.2 Å². The first-order valence-corrected chi connectivity index (χ1v) is 5.83. The zero-order valence-corrected chi connectivity index (χ0v) is 10.9. The van der Waals surface area contributed by atoms with E-state index in [4.69, 9.17) is 9.15 Å². The van der Waals surface area contributed by atoms with Crippen LogP contribution < -0.4 is 0 Å². The van der Waals surface area contributed by atoms with Crippen LogP contribution in [0.15, 0.2) is 10.8 Å². The number of carbonyl (C=O) groups excluding carboxylic acids is 1. The predicted molar refractivity (Wildman–Crippen MR) is 63.4 cm³/mol. The first-order chi connectivity index (χ1) is 8.04. The zero-order valence-electron chi connectivity index (χ0n) is 10.9. The molecule has 0 aliphatic rings. The minimum Gasteiger partial charge on any atom is -0.465 e. The maximum atomic E-state index is 11.5. The SMILES string of the molecule is CCOC(=O)CN(Cc1ncoc1C)C(C)C. The third kappa shape index (κ3) is 4.19. The van der Waals surface area contributed by atoms with Gasteiger partial charge in [0.05, 0.1) is 18.8 Å². The molecular weight excluding hydrogens is 220 g/mol. The normalized spacial score (nSPS) is 11.2. The van der Waals surface area contributed by atoms with Crippen LogP contribution in [0.5, 0.6) is 0 Å². The van der Waals surface area contributed by atoms with E-state index in [0.717, 1.165) is 11.5 Å². The van der Waals surface area contributed by atoms with E-state index in [2.05, 4.69) is 4.98 Å². The molecule has 0 spiro atoms. The Kier molecular flexibility index (Phi) is 5.15. The van der Waals surface area contributed by atoms with Crippen molar-refractivity contribution in [3.8, 4) is 0 Å². The molecule has 5 heteroatoms. The highest BCUT2D eigenvalue weighted by Gasteiger charge is 2.17. The summed E-state index contributed by atoms with van der Waals surface area (Å²) in [5, 5.41) is 0. The minimum absolute atomic E-state index is 0.206. The van der Waals surface area contributed by atoms with Gasteiger partial charge >= 0.3 is 5.97 Å². The van der Waals surface area contributed by atoms with E-state index in [1.165, 1.54) is 6.39 Å². The Morgan fingerprint density at radius 3 is 2.76 bits per heavy atom. The van der Waals surface area contributed by atoms with Crippen molar-refractivity contribution in [1.82, 2.24) is 9.88 Å². The van der Waals surface area contributed by atoms with Crippen molar-refractivity contribution < 1.29 is 13.9 Å². The molecular formula is C12H20N2O3. The van der Waals surface area contributed by atoms with Gasteiger partial charge in [-0.25, -0.2) is 4.98 Å². The fourth-order valence-electron chi connectivity index (χ4n) is 1.47. The summed E-state index contributed by atoms with van der Waals surface area (Å²) in [5.41, 5.74) is 0.864. The van der Waals surface area contributed by atoms with Gasteiger partial charge in [-0.05, 0) is 27.7 Å². The highest BCUT2D eigenvalue weighted by molar-refractivity contribution is 5.71. The number of oxazole rings is 1. The quantitative estimate of drug-likeness (QED) is 0.709. The molecule has 0 saturated heterocycles. The summed E-state index contributed by atoms with van der Waals surface area (Å²) < 4.78 is 10.1. The molecule has 1 rings (SSSR count). The van der Waals surface area contributed by atoms with E-state index in [1.807, 2.05) is 25.7 Å². The molecule has 17 heavy (non-hydrogen) atoms. The Hall–Kier alpha value is -1.36. The Labute approximate surface area is 102 Å². The molecule has 0 saturated carbocycles. The van der Waals surface area contributed by atoms with Crippen LogP contribution in [-0.4, -0.2) is 35.0 Å². The fourth-order valence-corrected chi connectivity index (χ4v) is 1.47. The summed E-state index contributed by atoms with van der Waals surface area (Å²) >= 11 is 0. The van der Waals surface area contributed by atoms with Crippen molar-refractivity contribution in [2.24, 2.45) is 0 Å². The molecule has 0 N–H and O–H groups in total. The number of hydrogen-bond donors (Lipinski definition) is 0. The van der Waals surface area contributed by atoms with Gasteiger partial charge in [0.25, 0.3) is 0 Å². The molecule has 0 aliphatic carbocycles. The summed E-state index contributed by atoms with van der Waals surface area (Å²) in [6, 6.07) is 0.246. The van der Waals surface area contributed by atoms with Crippen LogP contribution in [0.2, 0.25) is 0 Å². The lowest BCUT2D eigenvalue weighted by atomic mass is 10.2. The smallest absolute Gasteiger partial charge is 0.320 e. The second-order valence-corrected chi connectivity index (χ2v) is 4.16. The maximum absolute atomic E-state index is 11.5. The first kappa shape index (κ1) is 13.7. The summed E-state index contributed by atoms with van der Waals surface area (Å²) in [7, 11) is 0. The van der Waals surface area contributed by atoms with E-state index in [9.17, 15) is 4.79 Å². The van der Waals surface area contributed by atoms with Gasteiger partial charge in [-0.15, -0.1) is 0 Å². The number of hydrogen-bond acceptors (Lipinski definition) is 5. The van der Waals surface area contributed by atoms with Crippen molar-refractivity contribution in [3.63, 3.8) is 0 Å². The van der Waals surface area contributed by atoms with E-state index in [-0.39, 0.29) is 18.6 Å². The fraction of sp³-hybridized carbons (Fsp3) is 0.667. The molecule has 96 valence electrons. The number of carbonyl (C=O) groups is 1. The number of ether oxygens (including phenoxy) is 1. The van der Waals surface area contributed by atoms with Gasteiger partial charge in [-0.3, -0.25) is 9.69 Å². The summed E-state index contributed by atoms with van der Waals surface area (Å²) in [6.07, 6.45) is 1.42. The molecule has 0 fully saturated rings. The number of aromatic nitrogens is 1. The second-order valence-electron chi connectivity index (χ2n) is 4.16. The topological polar surface area (TPSA) is 55.6 Å². The average Bonchev–Trinajstić information content (AvgIpc) is 2.63. The molecule has 0 amide bonds. The lowest BCUT2D eigenvalue weighted by molar-refractivity contribution is -0.145. The van der Waals surface area contributed by atoms with Crippen LogP contribution in [0.25, 0.3) is 0 Å². The van der Waals surface area contributed by atoms with Crippen molar-refractivity contribution in [3.05, 3.63) is 17.8 Å². The highest BCUT2D eigenvalue weighted by atomic mass is 16.5. The third-order valence-electron chi connectivity index (χ3n) is 2.57. The monoisotopic (exact) mass is 240 g/mol. The molecule has 0 atom stereocenters. The number of esters is 1. The van der Waals surface area contributed by atoms with Gasteiger partial charge < -0.3 is 9.15 Å². The molecule has 1 aromatic rings. The summed E-state index contributed by atoms with van der Waals surface area (Å²) in [5.74, 6) is 0.585. The Morgan fingerprint density at radius 1 is 1.59 bits per heavy atom. The Morgan fingerprint density at radius 2 is 2.29 bits per heavy atom. The standard InChI is InChI=1S/C12H20N2O3/c1-5-16-12(15)7-14(9(2)3)6-11-10(4)17-8-13-11/h8-9H,5-7H2,1-4H3. The minimum atomic E-state index is -0.206. The van der Waals surface area contributed by atoms with Gasteiger partial charge in [0.1, 0.15) is 5.76 Å². The Balaban J connectivity index is 2.61. The highest BCUT2D eigenvalue weighted by Crippen LogP contribution is 2.10. The number of nitrogens with zero attached hydrogens (tertiary/aromatic N) is 2. The molecule has 1 heterocycles. The molecule has 0 radical (unpaired) electrons. The van der Waals surface area contributed by atoms with Crippen molar-refractivity contribution >= 4 is 5.97 Å². The van der Waals surface area contributed by atoms with E-state index in [1.54, 1.807) is 6.92 Å². The summed E-state index contributed by atoms with van der Waals surface area (Å²) in [6.45, 7) is 9.03. The van der Waals surface area contributed by atoms with Crippen LogP contribution in [0.4, 0.5) is 0 Å². The molecule has 0 aromatic carbocycles. The van der Waals surface area contributed by atoms with Crippen LogP contribution >= 0.6 is 0 Å². The van der Waals surface area contributed by atoms with Crippen LogP contribution in [-0.2, 0) is 16.1 Å². The van der Waals surface area contributed by atoms with Gasteiger partial charge in [-0.2, -0.15) is 0 Å². The number of rotatable bonds is 6. The average molecular weight is 240 g/mol. The van der Waals surface area contributed by atoms with Gasteiger partial charge in [0.15, 0.2) is 6.39 Å². The second kappa shape index (κ2) is 6.39. The molecule has 0 aliphatic heterocycles. The number of aryl methyl sites for hydroxylation is 1. The van der Waals surface area contributed by atoms with Crippen molar-refractivity contribution in [1.29, 1.82) is 0 Å². The zero-order chi connectivity index (χ0) is 12.8. The van der Waals surface area contributed by atoms with Crippen LogP contribution in [0.1, 0.15) is 32.2 Å². The van der Waals surface area contributed by atoms with Gasteiger partial charge in [-0.1, -0.05) is 0 Å². The molecule has 1 aromatic heterocycles. The van der Waals surface area contributed by atoms with Crippen molar-refractivity contribution in [2.45, 2.75) is 40.3 Å². The van der Waals surface area contributed by atoms with Crippen LogP contribution in [0, 0.1) is 6.92 Å². The Bertz CT molecular complexity index is 360. The van der Waals surface area contributed by atoms with E-state index < -0.39 is 0 Å². The molecule has 0 unspecified atom stereocenters. The van der Waals surface area contributed by atoms with Gasteiger partial charge in [0, 0.05) is 12.6 Å².